The maximum Gasteiger partial charge on any atom is 0.372 e. The van der Waals surface area contributed by atoms with Crippen molar-refractivity contribution in [2.24, 2.45) is 5.73 Å². The number of ether oxygens (including phenoxy) is 1. The van der Waals surface area contributed by atoms with Crippen LogP contribution in [0.15, 0.2) is 36.4 Å². The molecule has 1 saturated heterocycles. The van der Waals surface area contributed by atoms with Gasteiger partial charge in [0.25, 0.3) is 0 Å². The minimum absolute atomic E-state index is 0.0698. The number of fused-ring (bicyclic) bond motifs is 1. The predicted octanol–water partition coefficient (Wildman–Crippen LogP) is 0.843. The Labute approximate surface area is 172 Å². The van der Waals surface area contributed by atoms with Crippen molar-refractivity contribution >= 4 is 19.4 Å². The number of carboxylic acid groups (broad SMARTS) is 1. The minimum atomic E-state index is -1.23. The number of nitrogens with zero attached hydrogens (tertiary/aromatic N) is 1. The molecule has 2 aromatic carbocycles. The maximum atomic E-state index is 12.5. The third kappa shape index (κ3) is 3.67. The van der Waals surface area contributed by atoms with Gasteiger partial charge in [-0.15, -0.1) is 0 Å². The highest BCUT2D eigenvalue weighted by Gasteiger charge is 2.37. The summed E-state index contributed by atoms with van der Waals surface area (Å²) in [4.78, 5) is 25.8. The molecule has 2 aliphatic rings. The van der Waals surface area contributed by atoms with E-state index in [9.17, 15) is 24.9 Å². The summed E-state index contributed by atoms with van der Waals surface area (Å²) in [6.07, 6.45) is -0.957. The summed E-state index contributed by atoms with van der Waals surface area (Å²) >= 11 is 0. The molecule has 5 N–H and O–H groups in total. The number of likely N-dealkylation sites (tertiary alicyclic amines) is 1. The van der Waals surface area contributed by atoms with Gasteiger partial charge in [0, 0.05) is 5.56 Å². The third-order valence-electron chi connectivity index (χ3n) is 5.22. The number of aliphatic hydroxyl groups is 1. The summed E-state index contributed by atoms with van der Waals surface area (Å²) in [5.74, 6) is -1.25. The van der Waals surface area contributed by atoms with Crippen LogP contribution in [-0.2, 0) is 4.79 Å². The minimum Gasteiger partial charge on any atom is -0.562 e. The van der Waals surface area contributed by atoms with E-state index in [0.717, 1.165) is 0 Å². The Morgan fingerprint density at radius 1 is 1.20 bits per heavy atom. The van der Waals surface area contributed by atoms with E-state index in [1.165, 1.54) is 30.6 Å². The zero-order valence-corrected chi connectivity index (χ0v) is 15.9. The number of hydrogen-bond acceptors (Lipinski definition) is 7. The van der Waals surface area contributed by atoms with Crippen molar-refractivity contribution in [1.29, 1.82) is 0 Å². The van der Waals surface area contributed by atoms with Gasteiger partial charge in [-0.2, -0.15) is 0 Å². The highest BCUT2D eigenvalue weighted by atomic mass is 16.5. The van der Waals surface area contributed by atoms with Crippen LogP contribution in [0.1, 0.15) is 33.6 Å². The number of carbonyl (C=O) groups excluding carboxylic acids is 1. The maximum absolute atomic E-state index is 12.5. The number of phenolic OH excluding ortho intramolecular Hbond substituents is 1. The molecule has 155 valence electrons. The molecule has 9 nitrogen and oxygen atoms in total. The van der Waals surface area contributed by atoms with E-state index in [2.05, 4.69) is 0 Å². The zero-order chi connectivity index (χ0) is 21.4. The second kappa shape index (κ2) is 7.89. The first-order chi connectivity index (χ1) is 14.3. The Morgan fingerprint density at radius 2 is 1.90 bits per heavy atom. The van der Waals surface area contributed by atoms with E-state index in [1.807, 2.05) is 0 Å². The fourth-order valence-electron chi connectivity index (χ4n) is 3.51. The Balaban J connectivity index is 1.43. The van der Waals surface area contributed by atoms with Gasteiger partial charge in [-0.25, -0.2) is 4.79 Å². The summed E-state index contributed by atoms with van der Waals surface area (Å²) in [6.45, 7) is 0.521. The van der Waals surface area contributed by atoms with Crippen LogP contribution in [0.25, 0.3) is 0 Å². The number of nitrogens with two attached hydrogens (primary N) is 1. The van der Waals surface area contributed by atoms with Crippen molar-refractivity contribution in [1.82, 2.24) is 4.90 Å². The first kappa shape index (κ1) is 20.1. The van der Waals surface area contributed by atoms with Gasteiger partial charge in [0.2, 0.25) is 5.91 Å². The fourth-order valence-corrected chi connectivity index (χ4v) is 3.51. The summed E-state index contributed by atoms with van der Waals surface area (Å²) in [5, 5.41) is 29.0. The molecule has 10 heteroatoms. The van der Waals surface area contributed by atoms with Crippen molar-refractivity contribution in [3.8, 4) is 17.2 Å². The van der Waals surface area contributed by atoms with Crippen molar-refractivity contribution in [3.63, 3.8) is 0 Å². The van der Waals surface area contributed by atoms with Gasteiger partial charge in [-0.05, 0) is 36.1 Å². The Kier molecular flexibility index (Phi) is 5.27. The van der Waals surface area contributed by atoms with Crippen molar-refractivity contribution in [2.75, 3.05) is 13.1 Å². The number of hydrogen-bond donors (Lipinski definition) is 4. The number of carbonyl (C=O) groups is 2. The van der Waals surface area contributed by atoms with Crippen LogP contribution in [0.2, 0.25) is 6.32 Å². The smallest absolute Gasteiger partial charge is 0.372 e. The first-order valence-corrected chi connectivity index (χ1v) is 9.41. The van der Waals surface area contributed by atoms with Crippen molar-refractivity contribution < 1.29 is 34.3 Å². The monoisotopic (exact) mass is 411 g/mol. The zero-order valence-electron chi connectivity index (χ0n) is 15.9. The molecule has 0 aliphatic carbocycles. The Hall–Kier alpha value is -3.24. The number of benzene rings is 2. The van der Waals surface area contributed by atoms with E-state index in [-0.39, 0.29) is 48.1 Å². The van der Waals surface area contributed by atoms with E-state index >= 15 is 0 Å². The molecular formula is C20H20BN2O7. The van der Waals surface area contributed by atoms with Crippen LogP contribution in [0, 0.1) is 0 Å². The Morgan fingerprint density at radius 3 is 2.57 bits per heavy atom. The van der Waals surface area contributed by atoms with Crippen molar-refractivity contribution in [3.05, 3.63) is 53.1 Å². The normalized spacial score (nSPS) is 19.0. The number of amides is 1. The number of aliphatic hydroxyl groups excluding tert-OH is 1. The first-order valence-electron chi connectivity index (χ1n) is 9.41. The van der Waals surface area contributed by atoms with Gasteiger partial charge in [0.1, 0.15) is 35.0 Å². The second-order valence-electron chi connectivity index (χ2n) is 7.25. The van der Waals surface area contributed by atoms with E-state index < -0.39 is 24.2 Å². The molecule has 1 amide bonds. The van der Waals surface area contributed by atoms with Crippen LogP contribution >= 0.6 is 0 Å². The van der Waals surface area contributed by atoms with Gasteiger partial charge in [0.15, 0.2) is 0 Å². The number of rotatable bonds is 5. The van der Waals surface area contributed by atoms with E-state index in [1.54, 1.807) is 18.2 Å². The number of carboxylic acids is 1. The molecule has 2 atom stereocenters. The van der Waals surface area contributed by atoms with E-state index in [4.69, 9.17) is 15.1 Å². The molecule has 2 aromatic rings. The average Bonchev–Trinajstić information content (AvgIpc) is 2.69. The molecule has 2 heterocycles. The number of phenols is 1. The molecule has 1 fully saturated rings. The SMILES string of the molecule is N[C@@H](C(=O)N1CC(Oc2ccc3c(c2C(=O)O)O[B]CC3O)C1)c1ccc(O)cc1. The fraction of sp³-hybridized carbons (Fsp3) is 0.300. The van der Waals surface area contributed by atoms with Crippen molar-refractivity contribution in [2.45, 2.75) is 24.6 Å². The lowest BCUT2D eigenvalue weighted by atomic mass is 9.83. The molecule has 0 aromatic heterocycles. The molecule has 2 aliphatic heterocycles. The van der Waals surface area contributed by atoms with Crippen LogP contribution in [-0.4, -0.2) is 58.8 Å². The molecule has 30 heavy (non-hydrogen) atoms. The summed E-state index contributed by atoms with van der Waals surface area (Å²) in [6, 6.07) is 8.31. The lowest BCUT2D eigenvalue weighted by Crippen LogP contribution is -2.58. The molecule has 0 bridgehead atoms. The van der Waals surface area contributed by atoms with Gasteiger partial charge in [0.05, 0.1) is 19.2 Å². The molecule has 1 radical (unpaired) electrons. The molecule has 0 spiro atoms. The van der Waals surface area contributed by atoms with Gasteiger partial charge in [-0.1, -0.05) is 12.1 Å². The standard InChI is InChI=1S/C20H20BN2O7/c22-17(10-1-3-11(24)4-2-10)19(26)23-8-12(9-23)29-15-6-5-13-14(25)7-21-30-18(13)16(15)20(27)28/h1-6,12,14,17,24-25H,7-9,22H2,(H,27,28)/t14?,17-/m1/s1. The summed E-state index contributed by atoms with van der Waals surface area (Å²) in [7, 11) is 1.36. The van der Waals surface area contributed by atoms with Gasteiger partial charge < -0.3 is 35.3 Å². The third-order valence-corrected chi connectivity index (χ3v) is 5.22. The number of aromatic carboxylic acids is 1. The lowest BCUT2D eigenvalue weighted by Gasteiger charge is -2.40. The summed E-state index contributed by atoms with van der Waals surface area (Å²) in [5.41, 5.74) is 6.83. The van der Waals surface area contributed by atoms with Crippen LogP contribution in [0.4, 0.5) is 0 Å². The quantitative estimate of drug-likeness (QED) is 0.531. The van der Waals surface area contributed by atoms with Gasteiger partial charge >= 0.3 is 13.5 Å². The predicted molar refractivity (Wildman–Crippen MR) is 106 cm³/mol. The lowest BCUT2D eigenvalue weighted by molar-refractivity contribution is -0.141. The van der Waals surface area contributed by atoms with Crippen LogP contribution in [0.5, 0.6) is 17.2 Å². The highest BCUT2D eigenvalue weighted by molar-refractivity contribution is 6.29. The average molecular weight is 411 g/mol. The molecule has 4 rings (SSSR count). The molecule has 1 unspecified atom stereocenters. The Bertz CT molecular complexity index is 976. The molecular weight excluding hydrogens is 391 g/mol. The topological polar surface area (TPSA) is 143 Å². The molecule has 0 saturated carbocycles. The van der Waals surface area contributed by atoms with Crippen LogP contribution < -0.4 is 15.1 Å². The second-order valence-corrected chi connectivity index (χ2v) is 7.25. The van der Waals surface area contributed by atoms with Crippen LogP contribution in [0.3, 0.4) is 0 Å². The van der Waals surface area contributed by atoms with E-state index in [0.29, 0.717) is 11.1 Å². The highest BCUT2D eigenvalue weighted by Crippen LogP contribution is 2.40. The number of aromatic hydroxyl groups is 1. The summed E-state index contributed by atoms with van der Waals surface area (Å²) < 4.78 is 11.2. The van der Waals surface area contributed by atoms with Gasteiger partial charge in [-0.3, -0.25) is 4.79 Å². The largest absolute Gasteiger partial charge is 0.562 e.